The van der Waals surface area contributed by atoms with Gasteiger partial charge in [0.2, 0.25) is 0 Å². The number of H-pyrrole nitrogens is 1. The minimum absolute atomic E-state index is 0.0926. The molecule has 0 spiro atoms. The van der Waals surface area contributed by atoms with Crippen LogP contribution in [0.2, 0.25) is 0 Å². The van der Waals surface area contributed by atoms with Crippen molar-refractivity contribution in [3.8, 4) is 0 Å². The van der Waals surface area contributed by atoms with E-state index in [-0.39, 0.29) is 12.6 Å². The number of imidazole rings is 1. The molecule has 19 heavy (non-hydrogen) atoms. The van der Waals surface area contributed by atoms with E-state index in [9.17, 15) is 5.11 Å². The first-order valence-corrected chi connectivity index (χ1v) is 6.72. The maximum atomic E-state index is 9.26. The molecule has 1 atom stereocenters. The lowest BCUT2D eigenvalue weighted by Crippen LogP contribution is -2.34. The molecule has 1 unspecified atom stereocenters. The maximum absolute atomic E-state index is 9.26. The minimum Gasteiger partial charge on any atom is -0.395 e. The van der Waals surface area contributed by atoms with Crippen molar-refractivity contribution in [1.29, 1.82) is 0 Å². The van der Waals surface area contributed by atoms with Crippen LogP contribution in [0.15, 0.2) is 36.5 Å². The van der Waals surface area contributed by atoms with Crippen LogP contribution >= 0.6 is 0 Å². The van der Waals surface area contributed by atoms with Crippen LogP contribution in [-0.2, 0) is 12.8 Å². The number of likely N-dealkylation sites (N-methyl/N-ethyl adjacent to an activating group) is 1. The van der Waals surface area contributed by atoms with E-state index >= 15 is 0 Å². The molecule has 3 N–H and O–H groups in total. The van der Waals surface area contributed by atoms with Gasteiger partial charge in [0.05, 0.1) is 6.61 Å². The van der Waals surface area contributed by atoms with Gasteiger partial charge in [-0.3, -0.25) is 0 Å². The molecule has 0 amide bonds. The first-order valence-electron chi connectivity index (χ1n) is 6.72. The Morgan fingerprint density at radius 1 is 1.32 bits per heavy atom. The highest BCUT2D eigenvalue weighted by molar-refractivity contribution is 5.19. The molecule has 4 heteroatoms. The lowest BCUT2D eigenvalue weighted by Gasteiger charge is -2.13. The number of aromatic nitrogens is 2. The van der Waals surface area contributed by atoms with Gasteiger partial charge in [0, 0.05) is 30.8 Å². The topological polar surface area (TPSA) is 60.9 Å². The summed E-state index contributed by atoms with van der Waals surface area (Å²) in [4.78, 5) is 7.72. The van der Waals surface area contributed by atoms with Crippen molar-refractivity contribution >= 4 is 0 Å². The van der Waals surface area contributed by atoms with E-state index in [2.05, 4.69) is 27.4 Å². The molecule has 0 bridgehead atoms. The zero-order valence-corrected chi connectivity index (χ0v) is 11.3. The third-order valence-corrected chi connectivity index (χ3v) is 3.07. The van der Waals surface area contributed by atoms with E-state index in [4.69, 9.17) is 0 Å². The Kier molecular flexibility index (Phi) is 5.12. The van der Waals surface area contributed by atoms with Crippen LogP contribution in [0.4, 0.5) is 0 Å². The van der Waals surface area contributed by atoms with E-state index in [1.54, 1.807) is 0 Å². The minimum atomic E-state index is 0.0926. The number of rotatable bonds is 7. The number of benzene rings is 1. The molecule has 0 saturated carbocycles. The highest BCUT2D eigenvalue weighted by Gasteiger charge is 2.09. The number of aliphatic hydroxyl groups excluding tert-OH is 1. The molecule has 1 aromatic heterocycles. The SMILES string of the molecule is CCNC(CO)Cc1cnc(Cc2ccccc2)[nH]1. The second kappa shape index (κ2) is 7.07. The van der Waals surface area contributed by atoms with E-state index < -0.39 is 0 Å². The van der Waals surface area contributed by atoms with Gasteiger partial charge in [0.1, 0.15) is 5.82 Å². The fourth-order valence-corrected chi connectivity index (χ4v) is 2.14. The summed E-state index contributed by atoms with van der Waals surface area (Å²) in [5.74, 6) is 0.967. The fraction of sp³-hybridized carbons (Fsp3) is 0.400. The van der Waals surface area contributed by atoms with Crippen molar-refractivity contribution in [2.24, 2.45) is 0 Å². The third-order valence-electron chi connectivity index (χ3n) is 3.07. The molecular formula is C15H21N3O. The zero-order chi connectivity index (χ0) is 13.5. The maximum Gasteiger partial charge on any atom is 0.110 e. The van der Waals surface area contributed by atoms with E-state index in [0.717, 1.165) is 30.9 Å². The molecule has 1 aromatic carbocycles. The van der Waals surface area contributed by atoms with Gasteiger partial charge in [-0.1, -0.05) is 37.3 Å². The predicted octanol–water partition coefficient (Wildman–Crippen LogP) is 1.51. The molecule has 2 rings (SSSR count). The second-order valence-corrected chi connectivity index (χ2v) is 4.66. The van der Waals surface area contributed by atoms with Gasteiger partial charge in [-0.15, -0.1) is 0 Å². The highest BCUT2D eigenvalue weighted by Crippen LogP contribution is 2.07. The van der Waals surface area contributed by atoms with E-state index in [1.165, 1.54) is 5.56 Å². The first-order chi connectivity index (χ1) is 9.31. The molecule has 2 aromatic rings. The molecule has 0 aliphatic rings. The third kappa shape index (κ3) is 4.19. The lowest BCUT2D eigenvalue weighted by atomic mass is 10.1. The Balaban J connectivity index is 1.95. The number of hydrogen-bond donors (Lipinski definition) is 3. The molecule has 4 nitrogen and oxygen atoms in total. The standard InChI is InChI=1S/C15H21N3O/c1-2-16-14(11-19)9-13-10-17-15(18-13)8-12-6-4-3-5-7-12/h3-7,10,14,16,19H,2,8-9,11H2,1H3,(H,17,18). The largest absolute Gasteiger partial charge is 0.395 e. The molecule has 1 heterocycles. The summed E-state index contributed by atoms with van der Waals surface area (Å²) >= 11 is 0. The molecule has 0 aliphatic carbocycles. The van der Waals surface area contributed by atoms with Crippen LogP contribution in [0.25, 0.3) is 0 Å². The molecular weight excluding hydrogens is 238 g/mol. The Labute approximate surface area is 113 Å². The summed E-state index contributed by atoms with van der Waals surface area (Å²) in [5.41, 5.74) is 2.31. The molecule has 102 valence electrons. The number of nitrogens with one attached hydrogen (secondary N) is 2. The second-order valence-electron chi connectivity index (χ2n) is 4.66. The van der Waals surface area contributed by atoms with Crippen molar-refractivity contribution in [1.82, 2.24) is 15.3 Å². The smallest absolute Gasteiger partial charge is 0.110 e. The van der Waals surface area contributed by atoms with Gasteiger partial charge in [-0.25, -0.2) is 4.98 Å². The van der Waals surface area contributed by atoms with E-state index in [1.807, 2.05) is 31.3 Å². The van der Waals surface area contributed by atoms with Crippen LogP contribution in [0, 0.1) is 0 Å². The number of aliphatic hydroxyl groups is 1. The van der Waals surface area contributed by atoms with Crippen molar-refractivity contribution in [2.45, 2.75) is 25.8 Å². The highest BCUT2D eigenvalue weighted by atomic mass is 16.3. The van der Waals surface area contributed by atoms with Gasteiger partial charge in [0.15, 0.2) is 0 Å². The molecule has 0 fully saturated rings. The number of nitrogens with zero attached hydrogens (tertiary/aromatic N) is 1. The zero-order valence-electron chi connectivity index (χ0n) is 11.3. The normalized spacial score (nSPS) is 12.5. The van der Waals surface area contributed by atoms with Gasteiger partial charge < -0.3 is 15.4 Å². The van der Waals surface area contributed by atoms with Gasteiger partial charge >= 0.3 is 0 Å². The Morgan fingerprint density at radius 3 is 2.79 bits per heavy atom. The average Bonchev–Trinajstić information content (AvgIpc) is 2.86. The summed E-state index contributed by atoms with van der Waals surface area (Å²) < 4.78 is 0. The quantitative estimate of drug-likeness (QED) is 0.706. The van der Waals surface area contributed by atoms with Crippen LogP contribution in [0.3, 0.4) is 0 Å². The van der Waals surface area contributed by atoms with Crippen molar-refractivity contribution in [2.75, 3.05) is 13.2 Å². The monoisotopic (exact) mass is 259 g/mol. The summed E-state index contributed by atoms with van der Waals surface area (Å²) in [6, 6.07) is 10.4. The van der Waals surface area contributed by atoms with Crippen LogP contribution in [0.1, 0.15) is 24.0 Å². The Hall–Kier alpha value is -1.65. The van der Waals surface area contributed by atoms with Crippen molar-refractivity contribution < 1.29 is 5.11 Å². The number of aromatic amines is 1. The Bertz CT molecular complexity index is 481. The van der Waals surface area contributed by atoms with Crippen molar-refractivity contribution in [3.63, 3.8) is 0 Å². The first kappa shape index (κ1) is 13.8. The van der Waals surface area contributed by atoms with Gasteiger partial charge in [0.25, 0.3) is 0 Å². The van der Waals surface area contributed by atoms with E-state index in [0.29, 0.717) is 0 Å². The summed E-state index contributed by atoms with van der Waals surface area (Å²) in [6.07, 6.45) is 3.44. The average molecular weight is 259 g/mol. The van der Waals surface area contributed by atoms with Gasteiger partial charge in [-0.2, -0.15) is 0 Å². The summed E-state index contributed by atoms with van der Waals surface area (Å²) in [6.45, 7) is 3.04. The lowest BCUT2D eigenvalue weighted by molar-refractivity contribution is 0.243. The number of hydrogen-bond acceptors (Lipinski definition) is 3. The van der Waals surface area contributed by atoms with Crippen LogP contribution in [0.5, 0.6) is 0 Å². The van der Waals surface area contributed by atoms with Crippen LogP contribution < -0.4 is 5.32 Å². The molecule has 0 radical (unpaired) electrons. The summed E-state index contributed by atoms with van der Waals surface area (Å²) in [7, 11) is 0. The Morgan fingerprint density at radius 2 is 2.11 bits per heavy atom. The summed E-state index contributed by atoms with van der Waals surface area (Å²) in [5, 5.41) is 12.5. The predicted molar refractivity (Wildman–Crippen MR) is 76.1 cm³/mol. The fourth-order valence-electron chi connectivity index (χ4n) is 2.14. The molecule has 0 saturated heterocycles. The van der Waals surface area contributed by atoms with Crippen LogP contribution in [-0.4, -0.2) is 34.3 Å². The molecule has 0 aliphatic heterocycles. The van der Waals surface area contributed by atoms with Gasteiger partial charge in [-0.05, 0) is 12.1 Å². The van der Waals surface area contributed by atoms with Crippen molar-refractivity contribution in [3.05, 3.63) is 53.6 Å².